The minimum absolute atomic E-state index is 0.273. The second kappa shape index (κ2) is 6.75. The molecule has 4 rings (SSSR count). The van der Waals surface area contributed by atoms with E-state index in [0.29, 0.717) is 6.42 Å². The molecule has 0 aliphatic carbocycles. The van der Waals surface area contributed by atoms with Crippen LogP contribution in [-0.4, -0.2) is 28.9 Å². The van der Waals surface area contributed by atoms with Gasteiger partial charge >= 0.3 is 0 Å². The summed E-state index contributed by atoms with van der Waals surface area (Å²) in [6.07, 6.45) is 3.28. The van der Waals surface area contributed by atoms with Crippen LogP contribution in [0.25, 0.3) is 10.9 Å². The van der Waals surface area contributed by atoms with Gasteiger partial charge in [0.1, 0.15) is 0 Å². The second-order valence-electron chi connectivity index (χ2n) is 7.00. The topological polar surface area (TPSA) is 36.1 Å². The van der Waals surface area contributed by atoms with E-state index in [4.69, 9.17) is 0 Å². The number of nitrogens with one attached hydrogen (secondary N) is 1. The van der Waals surface area contributed by atoms with E-state index >= 15 is 0 Å². The highest BCUT2D eigenvalue weighted by atomic mass is 16.2. The quantitative estimate of drug-likeness (QED) is 0.772. The lowest BCUT2D eigenvalue weighted by atomic mass is 10.1. The first-order valence-electron chi connectivity index (χ1n) is 9.12. The van der Waals surface area contributed by atoms with Gasteiger partial charge in [-0.1, -0.05) is 42.0 Å². The Morgan fingerprint density at radius 1 is 1.08 bits per heavy atom. The fourth-order valence-corrected chi connectivity index (χ4v) is 3.83. The molecule has 1 aromatic heterocycles. The van der Waals surface area contributed by atoms with Crippen molar-refractivity contribution in [3.63, 3.8) is 0 Å². The summed E-state index contributed by atoms with van der Waals surface area (Å²) in [4.78, 5) is 18.2. The van der Waals surface area contributed by atoms with Crippen LogP contribution >= 0.6 is 0 Å². The SMILES string of the molecule is Cc1ccc2[nH]c3c(c2c1)CCN(C(=O)CCc1ccccc1)CC3. The van der Waals surface area contributed by atoms with E-state index in [-0.39, 0.29) is 5.91 Å². The number of benzene rings is 2. The summed E-state index contributed by atoms with van der Waals surface area (Å²) in [5.41, 5.74) is 6.45. The smallest absolute Gasteiger partial charge is 0.222 e. The molecule has 0 fully saturated rings. The van der Waals surface area contributed by atoms with Gasteiger partial charge in [-0.25, -0.2) is 0 Å². The van der Waals surface area contributed by atoms with E-state index in [1.54, 1.807) is 0 Å². The maximum absolute atomic E-state index is 12.6. The van der Waals surface area contributed by atoms with Gasteiger partial charge in [0.2, 0.25) is 5.91 Å². The van der Waals surface area contributed by atoms with Crippen LogP contribution in [0.15, 0.2) is 48.5 Å². The number of rotatable bonds is 3. The number of hydrogen-bond acceptors (Lipinski definition) is 1. The summed E-state index contributed by atoms with van der Waals surface area (Å²) in [7, 11) is 0. The average Bonchev–Trinajstić information content (AvgIpc) is 2.83. The maximum atomic E-state index is 12.6. The number of fused-ring (bicyclic) bond motifs is 3. The number of H-pyrrole nitrogens is 1. The van der Waals surface area contributed by atoms with Crippen molar-refractivity contribution in [1.29, 1.82) is 0 Å². The minimum atomic E-state index is 0.273. The Kier molecular flexibility index (Phi) is 4.31. The summed E-state index contributed by atoms with van der Waals surface area (Å²) >= 11 is 0. The van der Waals surface area contributed by atoms with E-state index in [2.05, 4.69) is 42.2 Å². The molecular formula is C22H24N2O. The highest BCUT2D eigenvalue weighted by Crippen LogP contribution is 2.27. The number of nitrogens with zero attached hydrogens (tertiary/aromatic N) is 1. The van der Waals surface area contributed by atoms with Gasteiger partial charge < -0.3 is 9.88 Å². The molecule has 0 radical (unpaired) electrons. The molecule has 3 nitrogen and oxygen atoms in total. The van der Waals surface area contributed by atoms with Crippen LogP contribution in [0.3, 0.4) is 0 Å². The number of carbonyl (C=O) groups excluding carboxylic acids is 1. The normalized spacial score (nSPS) is 14.4. The number of aryl methyl sites for hydroxylation is 2. The first-order valence-corrected chi connectivity index (χ1v) is 9.12. The molecule has 1 aliphatic rings. The number of amides is 1. The van der Waals surface area contributed by atoms with Gasteiger partial charge in [-0.15, -0.1) is 0 Å². The molecule has 0 saturated heterocycles. The van der Waals surface area contributed by atoms with Crippen molar-refractivity contribution in [3.8, 4) is 0 Å². The van der Waals surface area contributed by atoms with E-state index in [9.17, 15) is 4.79 Å². The van der Waals surface area contributed by atoms with Crippen LogP contribution in [0, 0.1) is 6.92 Å². The number of hydrogen-bond donors (Lipinski definition) is 1. The van der Waals surface area contributed by atoms with Gasteiger partial charge in [-0.3, -0.25) is 4.79 Å². The van der Waals surface area contributed by atoms with Crippen LogP contribution in [0.4, 0.5) is 0 Å². The summed E-state index contributed by atoms with van der Waals surface area (Å²) in [6.45, 7) is 3.77. The van der Waals surface area contributed by atoms with E-state index in [1.807, 2.05) is 23.1 Å². The summed E-state index contributed by atoms with van der Waals surface area (Å²) in [5, 5.41) is 1.33. The van der Waals surface area contributed by atoms with E-state index in [0.717, 1.165) is 32.4 Å². The molecule has 25 heavy (non-hydrogen) atoms. The Hall–Kier alpha value is -2.55. The first kappa shape index (κ1) is 15.9. The lowest BCUT2D eigenvalue weighted by Gasteiger charge is -2.20. The van der Waals surface area contributed by atoms with E-state index < -0.39 is 0 Å². The zero-order valence-electron chi connectivity index (χ0n) is 14.7. The lowest BCUT2D eigenvalue weighted by Crippen LogP contribution is -2.33. The predicted octanol–water partition coefficient (Wildman–Crippen LogP) is 4.04. The Balaban J connectivity index is 1.44. The predicted molar refractivity (Wildman–Crippen MR) is 102 cm³/mol. The Morgan fingerprint density at radius 2 is 1.88 bits per heavy atom. The molecule has 0 spiro atoms. The molecule has 2 aromatic carbocycles. The molecule has 3 heteroatoms. The van der Waals surface area contributed by atoms with E-state index in [1.165, 1.54) is 33.3 Å². The third-order valence-electron chi connectivity index (χ3n) is 5.24. The average molecular weight is 332 g/mol. The van der Waals surface area contributed by atoms with Crippen LogP contribution in [0.1, 0.15) is 28.8 Å². The highest BCUT2D eigenvalue weighted by molar-refractivity contribution is 5.86. The third kappa shape index (κ3) is 3.32. The van der Waals surface area contributed by atoms with Gasteiger partial charge in [0.25, 0.3) is 0 Å². The highest BCUT2D eigenvalue weighted by Gasteiger charge is 2.21. The molecule has 0 unspecified atom stereocenters. The summed E-state index contributed by atoms with van der Waals surface area (Å²) in [5.74, 6) is 0.273. The van der Waals surface area contributed by atoms with Crippen molar-refractivity contribution < 1.29 is 4.79 Å². The Bertz CT molecular complexity index is 895. The van der Waals surface area contributed by atoms with Crippen LogP contribution in [0.2, 0.25) is 0 Å². The van der Waals surface area contributed by atoms with Gasteiger partial charge in [0.05, 0.1) is 0 Å². The van der Waals surface area contributed by atoms with Crippen molar-refractivity contribution in [2.45, 2.75) is 32.6 Å². The Morgan fingerprint density at radius 3 is 2.72 bits per heavy atom. The number of aromatic amines is 1. The molecule has 3 aromatic rings. The minimum Gasteiger partial charge on any atom is -0.358 e. The largest absolute Gasteiger partial charge is 0.358 e. The van der Waals surface area contributed by atoms with Crippen LogP contribution in [0.5, 0.6) is 0 Å². The molecule has 128 valence electrons. The molecule has 1 amide bonds. The van der Waals surface area contributed by atoms with Crippen LogP contribution in [-0.2, 0) is 24.1 Å². The molecule has 0 bridgehead atoms. The zero-order valence-corrected chi connectivity index (χ0v) is 14.7. The molecule has 1 N–H and O–H groups in total. The lowest BCUT2D eigenvalue weighted by molar-refractivity contribution is -0.131. The fourth-order valence-electron chi connectivity index (χ4n) is 3.83. The molecule has 0 saturated carbocycles. The second-order valence-corrected chi connectivity index (χ2v) is 7.00. The first-order chi connectivity index (χ1) is 12.2. The summed E-state index contributed by atoms with van der Waals surface area (Å²) in [6, 6.07) is 16.8. The van der Waals surface area contributed by atoms with Crippen molar-refractivity contribution in [1.82, 2.24) is 9.88 Å². The summed E-state index contributed by atoms with van der Waals surface area (Å²) < 4.78 is 0. The van der Waals surface area contributed by atoms with Gasteiger partial charge in [0.15, 0.2) is 0 Å². The molecular weight excluding hydrogens is 308 g/mol. The zero-order chi connectivity index (χ0) is 17.2. The fraction of sp³-hybridized carbons (Fsp3) is 0.318. The standard InChI is InChI=1S/C22H24N2O/c1-16-7-9-20-19(15-16)18-11-13-24(14-12-21(18)23-20)22(25)10-8-17-5-3-2-4-6-17/h2-7,9,15,23H,8,10-14H2,1H3. The monoisotopic (exact) mass is 332 g/mol. The van der Waals surface area contributed by atoms with Crippen molar-refractivity contribution in [3.05, 3.63) is 70.9 Å². The van der Waals surface area contributed by atoms with Crippen molar-refractivity contribution >= 4 is 16.8 Å². The molecule has 1 aliphatic heterocycles. The van der Waals surface area contributed by atoms with Crippen LogP contribution < -0.4 is 0 Å². The van der Waals surface area contributed by atoms with Crippen molar-refractivity contribution in [2.24, 2.45) is 0 Å². The maximum Gasteiger partial charge on any atom is 0.222 e. The van der Waals surface area contributed by atoms with Crippen molar-refractivity contribution in [2.75, 3.05) is 13.1 Å². The Labute approximate surface area is 148 Å². The van der Waals surface area contributed by atoms with Gasteiger partial charge in [-0.05, 0) is 43.0 Å². The molecule has 0 atom stereocenters. The van der Waals surface area contributed by atoms with Gasteiger partial charge in [-0.2, -0.15) is 0 Å². The number of carbonyl (C=O) groups is 1. The molecule has 2 heterocycles. The number of aromatic nitrogens is 1. The third-order valence-corrected chi connectivity index (χ3v) is 5.24. The van der Waals surface area contributed by atoms with Gasteiger partial charge in [0, 0.05) is 42.5 Å².